The molecule has 0 fully saturated rings. The van der Waals surface area contributed by atoms with E-state index in [0.717, 1.165) is 11.3 Å². The molecular formula is C13H12OS. The number of fused-ring (bicyclic) bond motifs is 1. The Kier molecular flexibility index (Phi) is 2.11. The quantitative estimate of drug-likeness (QED) is 0.817. The normalized spacial score (nSPS) is 20.5. The zero-order valence-electron chi connectivity index (χ0n) is 8.26. The van der Waals surface area contributed by atoms with Gasteiger partial charge in [0, 0.05) is 10.8 Å². The molecule has 1 heterocycles. The van der Waals surface area contributed by atoms with E-state index in [1.165, 1.54) is 11.1 Å². The van der Waals surface area contributed by atoms with E-state index in [9.17, 15) is 5.11 Å². The van der Waals surface area contributed by atoms with Crippen molar-refractivity contribution in [2.75, 3.05) is 0 Å². The van der Waals surface area contributed by atoms with Crippen molar-refractivity contribution in [3.63, 3.8) is 0 Å². The molecule has 2 aromatic rings. The standard InChI is InChI=1S/C13H12OS/c14-13(12-6-3-7-15-12)11-8-9-4-1-2-5-10(9)11/h1-7,11,13-14H,8H2. The van der Waals surface area contributed by atoms with Gasteiger partial charge in [0.05, 0.1) is 6.10 Å². The first kappa shape index (κ1) is 9.13. The molecule has 0 saturated heterocycles. The summed E-state index contributed by atoms with van der Waals surface area (Å²) in [6.45, 7) is 0. The molecule has 3 rings (SSSR count). The summed E-state index contributed by atoms with van der Waals surface area (Å²) in [6, 6.07) is 12.4. The molecule has 1 aliphatic rings. The van der Waals surface area contributed by atoms with E-state index in [1.54, 1.807) is 11.3 Å². The minimum Gasteiger partial charge on any atom is -0.387 e. The summed E-state index contributed by atoms with van der Waals surface area (Å²) in [5.74, 6) is 0.305. The fourth-order valence-electron chi connectivity index (χ4n) is 2.24. The molecule has 0 radical (unpaired) electrons. The third kappa shape index (κ3) is 1.41. The van der Waals surface area contributed by atoms with Crippen LogP contribution in [0.15, 0.2) is 41.8 Å². The molecule has 0 spiro atoms. The molecule has 76 valence electrons. The van der Waals surface area contributed by atoms with Crippen LogP contribution in [0.25, 0.3) is 0 Å². The molecule has 1 aliphatic carbocycles. The Bertz CT molecular complexity index is 461. The van der Waals surface area contributed by atoms with E-state index >= 15 is 0 Å². The molecule has 0 bridgehead atoms. The van der Waals surface area contributed by atoms with Crippen molar-refractivity contribution in [1.29, 1.82) is 0 Å². The molecule has 2 heteroatoms. The lowest BCUT2D eigenvalue weighted by Crippen LogP contribution is -2.22. The van der Waals surface area contributed by atoms with Gasteiger partial charge in [0.25, 0.3) is 0 Å². The Labute approximate surface area is 93.0 Å². The Morgan fingerprint density at radius 2 is 2.07 bits per heavy atom. The summed E-state index contributed by atoms with van der Waals surface area (Å²) in [5, 5.41) is 12.2. The van der Waals surface area contributed by atoms with Crippen LogP contribution >= 0.6 is 11.3 Å². The molecule has 0 saturated carbocycles. The van der Waals surface area contributed by atoms with Gasteiger partial charge in [-0.15, -0.1) is 11.3 Å². The van der Waals surface area contributed by atoms with Gasteiger partial charge in [-0.3, -0.25) is 0 Å². The van der Waals surface area contributed by atoms with Crippen molar-refractivity contribution in [3.05, 3.63) is 57.8 Å². The number of benzene rings is 1. The molecule has 1 nitrogen and oxygen atoms in total. The third-order valence-electron chi connectivity index (χ3n) is 3.11. The molecule has 2 atom stereocenters. The number of hydrogen-bond donors (Lipinski definition) is 1. The van der Waals surface area contributed by atoms with Gasteiger partial charge in [0.15, 0.2) is 0 Å². The van der Waals surface area contributed by atoms with E-state index in [-0.39, 0.29) is 6.10 Å². The van der Waals surface area contributed by atoms with Crippen molar-refractivity contribution in [2.24, 2.45) is 0 Å². The van der Waals surface area contributed by atoms with E-state index in [0.29, 0.717) is 5.92 Å². The van der Waals surface area contributed by atoms with Crippen LogP contribution in [-0.4, -0.2) is 5.11 Å². The summed E-state index contributed by atoms with van der Waals surface area (Å²) in [4.78, 5) is 1.08. The summed E-state index contributed by atoms with van der Waals surface area (Å²) < 4.78 is 0. The Morgan fingerprint density at radius 3 is 2.80 bits per heavy atom. The van der Waals surface area contributed by atoms with Gasteiger partial charge in [-0.25, -0.2) is 0 Å². The number of hydrogen-bond acceptors (Lipinski definition) is 2. The van der Waals surface area contributed by atoms with E-state index in [1.807, 2.05) is 23.6 Å². The van der Waals surface area contributed by atoms with Crippen molar-refractivity contribution in [1.82, 2.24) is 0 Å². The number of thiophene rings is 1. The zero-order chi connectivity index (χ0) is 10.3. The average molecular weight is 216 g/mol. The number of rotatable bonds is 2. The lowest BCUT2D eigenvalue weighted by molar-refractivity contribution is 0.138. The van der Waals surface area contributed by atoms with Gasteiger partial charge < -0.3 is 5.11 Å². The first-order chi connectivity index (χ1) is 7.36. The second-order valence-electron chi connectivity index (χ2n) is 3.97. The van der Waals surface area contributed by atoms with Crippen LogP contribution in [0.2, 0.25) is 0 Å². The van der Waals surface area contributed by atoms with Crippen molar-refractivity contribution in [2.45, 2.75) is 18.4 Å². The summed E-state index contributed by atoms with van der Waals surface area (Å²) in [6.07, 6.45) is 0.690. The molecule has 1 aromatic carbocycles. The molecule has 2 unspecified atom stereocenters. The monoisotopic (exact) mass is 216 g/mol. The van der Waals surface area contributed by atoms with Crippen molar-refractivity contribution < 1.29 is 5.11 Å². The van der Waals surface area contributed by atoms with Crippen LogP contribution in [0.1, 0.15) is 28.0 Å². The lowest BCUT2D eigenvalue weighted by atomic mass is 9.74. The highest BCUT2D eigenvalue weighted by Gasteiger charge is 2.32. The topological polar surface area (TPSA) is 20.2 Å². The van der Waals surface area contributed by atoms with Crippen molar-refractivity contribution in [3.8, 4) is 0 Å². The first-order valence-electron chi connectivity index (χ1n) is 5.15. The van der Waals surface area contributed by atoms with Crippen LogP contribution in [0, 0.1) is 0 Å². The maximum absolute atomic E-state index is 10.2. The minimum absolute atomic E-state index is 0.305. The van der Waals surface area contributed by atoms with E-state index in [4.69, 9.17) is 0 Å². The highest BCUT2D eigenvalue weighted by molar-refractivity contribution is 7.10. The first-order valence-corrected chi connectivity index (χ1v) is 6.03. The fraction of sp³-hybridized carbons (Fsp3) is 0.231. The second kappa shape index (κ2) is 3.47. The molecule has 0 aliphatic heterocycles. The molecule has 15 heavy (non-hydrogen) atoms. The summed E-state index contributed by atoms with van der Waals surface area (Å²) in [7, 11) is 0. The van der Waals surface area contributed by atoms with Gasteiger partial charge >= 0.3 is 0 Å². The SMILES string of the molecule is OC(c1cccs1)C1Cc2ccccc21. The Balaban J connectivity index is 1.88. The highest BCUT2D eigenvalue weighted by atomic mass is 32.1. The van der Waals surface area contributed by atoms with Crippen LogP contribution in [0.3, 0.4) is 0 Å². The molecule has 0 amide bonds. The van der Waals surface area contributed by atoms with Crippen LogP contribution in [-0.2, 0) is 6.42 Å². The predicted molar refractivity (Wildman–Crippen MR) is 62.2 cm³/mol. The van der Waals surface area contributed by atoms with Gasteiger partial charge in [0.2, 0.25) is 0 Å². The zero-order valence-corrected chi connectivity index (χ0v) is 9.08. The van der Waals surface area contributed by atoms with Crippen molar-refractivity contribution >= 4 is 11.3 Å². The maximum atomic E-state index is 10.2. The summed E-state index contributed by atoms with van der Waals surface area (Å²) in [5.41, 5.74) is 2.71. The average Bonchev–Trinajstić information content (AvgIpc) is 2.72. The van der Waals surface area contributed by atoms with Gasteiger partial charge in [0.1, 0.15) is 0 Å². The smallest absolute Gasteiger partial charge is 0.0953 e. The lowest BCUT2D eigenvalue weighted by Gasteiger charge is -2.33. The second-order valence-corrected chi connectivity index (χ2v) is 4.95. The Morgan fingerprint density at radius 1 is 1.20 bits per heavy atom. The third-order valence-corrected chi connectivity index (χ3v) is 4.05. The number of aliphatic hydroxyl groups is 1. The minimum atomic E-state index is -0.320. The fourth-order valence-corrected chi connectivity index (χ4v) is 3.01. The van der Waals surface area contributed by atoms with Gasteiger partial charge in [-0.2, -0.15) is 0 Å². The van der Waals surface area contributed by atoms with Gasteiger partial charge in [-0.05, 0) is 29.0 Å². The molecular weight excluding hydrogens is 204 g/mol. The van der Waals surface area contributed by atoms with Gasteiger partial charge in [-0.1, -0.05) is 30.3 Å². The van der Waals surface area contributed by atoms with E-state index < -0.39 is 0 Å². The summed E-state index contributed by atoms with van der Waals surface area (Å²) >= 11 is 1.63. The predicted octanol–water partition coefficient (Wildman–Crippen LogP) is 3.12. The molecule has 1 aromatic heterocycles. The largest absolute Gasteiger partial charge is 0.387 e. The maximum Gasteiger partial charge on any atom is 0.0953 e. The Hall–Kier alpha value is -1.12. The number of aliphatic hydroxyl groups excluding tert-OH is 1. The molecule has 1 N–H and O–H groups in total. The van der Waals surface area contributed by atoms with Crippen LogP contribution in [0.5, 0.6) is 0 Å². The van der Waals surface area contributed by atoms with Crippen LogP contribution < -0.4 is 0 Å². The van der Waals surface area contributed by atoms with E-state index in [2.05, 4.69) is 18.2 Å². The highest BCUT2D eigenvalue weighted by Crippen LogP contribution is 2.44. The van der Waals surface area contributed by atoms with Crippen LogP contribution in [0.4, 0.5) is 0 Å².